The van der Waals surface area contributed by atoms with E-state index in [0.717, 1.165) is 22.6 Å². The number of benzene rings is 1. The average Bonchev–Trinajstić information content (AvgIpc) is 2.65. The molecule has 0 saturated heterocycles. The average molecular weight is 248 g/mol. The van der Waals surface area contributed by atoms with Crippen LogP contribution in [0.2, 0.25) is 0 Å². The van der Waals surface area contributed by atoms with E-state index in [-0.39, 0.29) is 5.82 Å². The number of rotatable bonds is 4. The van der Waals surface area contributed by atoms with Crippen molar-refractivity contribution in [1.82, 2.24) is 10.5 Å². The molecule has 2 rings (SSSR count). The Kier molecular flexibility index (Phi) is 3.77. The first kappa shape index (κ1) is 12.8. The van der Waals surface area contributed by atoms with Crippen LogP contribution in [0.15, 0.2) is 22.7 Å². The van der Waals surface area contributed by atoms with Gasteiger partial charge in [-0.2, -0.15) is 0 Å². The van der Waals surface area contributed by atoms with Crippen LogP contribution in [-0.4, -0.2) is 5.16 Å². The van der Waals surface area contributed by atoms with Gasteiger partial charge in [0.15, 0.2) is 0 Å². The van der Waals surface area contributed by atoms with Crippen LogP contribution in [0, 0.1) is 26.6 Å². The molecule has 0 radical (unpaired) electrons. The summed E-state index contributed by atoms with van der Waals surface area (Å²) in [5.41, 5.74) is 3.75. The van der Waals surface area contributed by atoms with Gasteiger partial charge in [0.05, 0.1) is 5.69 Å². The van der Waals surface area contributed by atoms with E-state index in [9.17, 15) is 4.39 Å². The van der Waals surface area contributed by atoms with Crippen LogP contribution in [0.4, 0.5) is 4.39 Å². The molecule has 1 N–H and O–H groups in total. The maximum atomic E-state index is 13.1. The van der Waals surface area contributed by atoms with Crippen molar-refractivity contribution in [3.05, 3.63) is 52.2 Å². The largest absolute Gasteiger partial charge is 0.361 e. The lowest BCUT2D eigenvalue weighted by molar-refractivity contribution is 0.392. The van der Waals surface area contributed by atoms with Crippen LogP contribution >= 0.6 is 0 Å². The van der Waals surface area contributed by atoms with Crippen molar-refractivity contribution < 1.29 is 8.91 Å². The SMILES string of the molecule is Cc1cc(CNCc2c(C)noc2C)ccc1F. The molecular weight excluding hydrogens is 231 g/mol. The van der Waals surface area contributed by atoms with Crippen molar-refractivity contribution in [2.45, 2.75) is 33.9 Å². The second kappa shape index (κ2) is 5.31. The minimum absolute atomic E-state index is 0.163. The first-order chi connectivity index (χ1) is 8.58. The van der Waals surface area contributed by atoms with Crippen LogP contribution < -0.4 is 5.32 Å². The first-order valence-electron chi connectivity index (χ1n) is 5.95. The van der Waals surface area contributed by atoms with Gasteiger partial charge in [-0.15, -0.1) is 0 Å². The molecule has 0 saturated carbocycles. The molecule has 1 aromatic heterocycles. The van der Waals surface area contributed by atoms with Gasteiger partial charge in [0.25, 0.3) is 0 Å². The van der Waals surface area contributed by atoms with Crippen molar-refractivity contribution >= 4 is 0 Å². The predicted octanol–water partition coefficient (Wildman–Crippen LogP) is 3.03. The van der Waals surface area contributed by atoms with Crippen LogP contribution in [0.25, 0.3) is 0 Å². The zero-order valence-electron chi connectivity index (χ0n) is 10.9. The van der Waals surface area contributed by atoms with Gasteiger partial charge >= 0.3 is 0 Å². The maximum absolute atomic E-state index is 13.1. The lowest BCUT2D eigenvalue weighted by Gasteiger charge is -2.06. The highest BCUT2D eigenvalue weighted by Crippen LogP contribution is 2.12. The number of aryl methyl sites for hydroxylation is 3. The molecule has 4 heteroatoms. The Hall–Kier alpha value is -1.68. The smallest absolute Gasteiger partial charge is 0.138 e. The van der Waals surface area contributed by atoms with Gasteiger partial charge in [-0.25, -0.2) is 4.39 Å². The summed E-state index contributed by atoms with van der Waals surface area (Å²) < 4.78 is 18.2. The highest BCUT2D eigenvalue weighted by Gasteiger charge is 2.08. The molecule has 0 atom stereocenters. The van der Waals surface area contributed by atoms with Gasteiger partial charge in [-0.1, -0.05) is 17.3 Å². The van der Waals surface area contributed by atoms with Gasteiger partial charge in [0.2, 0.25) is 0 Å². The van der Waals surface area contributed by atoms with E-state index in [1.165, 1.54) is 6.07 Å². The molecule has 0 fully saturated rings. The molecule has 0 spiro atoms. The highest BCUT2D eigenvalue weighted by molar-refractivity contribution is 5.24. The first-order valence-corrected chi connectivity index (χ1v) is 5.95. The molecule has 1 heterocycles. The van der Waals surface area contributed by atoms with Crippen LogP contribution in [0.3, 0.4) is 0 Å². The summed E-state index contributed by atoms with van der Waals surface area (Å²) in [7, 11) is 0. The Morgan fingerprint density at radius 2 is 2.00 bits per heavy atom. The Bertz CT molecular complexity index is 529. The Balaban J connectivity index is 1.94. The maximum Gasteiger partial charge on any atom is 0.138 e. The second-order valence-electron chi connectivity index (χ2n) is 4.49. The second-order valence-corrected chi connectivity index (χ2v) is 4.49. The fraction of sp³-hybridized carbons (Fsp3) is 0.357. The van der Waals surface area contributed by atoms with E-state index in [4.69, 9.17) is 4.52 Å². The molecule has 0 aliphatic carbocycles. The fourth-order valence-electron chi connectivity index (χ4n) is 1.90. The van der Waals surface area contributed by atoms with E-state index in [2.05, 4.69) is 10.5 Å². The molecule has 1 aromatic carbocycles. The highest BCUT2D eigenvalue weighted by atomic mass is 19.1. The Morgan fingerprint density at radius 3 is 2.61 bits per heavy atom. The summed E-state index contributed by atoms with van der Waals surface area (Å²) in [6.45, 7) is 7.00. The summed E-state index contributed by atoms with van der Waals surface area (Å²) in [5.74, 6) is 0.680. The standard InChI is InChI=1S/C14H17FN2O/c1-9-6-12(4-5-14(9)15)7-16-8-13-10(2)17-18-11(13)3/h4-6,16H,7-8H2,1-3H3. The third-order valence-electron chi connectivity index (χ3n) is 3.03. The summed E-state index contributed by atoms with van der Waals surface area (Å²) in [5, 5.41) is 7.21. The lowest BCUT2D eigenvalue weighted by Crippen LogP contribution is -2.13. The van der Waals surface area contributed by atoms with Gasteiger partial charge < -0.3 is 9.84 Å². The summed E-state index contributed by atoms with van der Waals surface area (Å²) in [4.78, 5) is 0. The monoisotopic (exact) mass is 248 g/mol. The van der Waals surface area contributed by atoms with Crippen molar-refractivity contribution in [2.24, 2.45) is 0 Å². The lowest BCUT2D eigenvalue weighted by atomic mass is 10.1. The number of aromatic nitrogens is 1. The summed E-state index contributed by atoms with van der Waals surface area (Å²) >= 11 is 0. The van der Waals surface area contributed by atoms with Crippen LogP contribution in [-0.2, 0) is 13.1 Å². The van der Waals surface area contributed by atoms with Gasteiger partial charge in [0.1, 0.15) is 11.6 Å². The van der Waals surface area contributed by atoms with Gasteiger partial charge in [0, 0.05) is 18.7 Å². The van der Waals surface area contributed by atoms with Crippen LogP contribution in [0.1, 0.15) is 28.1 Å². The van der Waals surface area contributed by atoms with Crippen LogP contribution in [0.5, 0.6) is 0 Å². The zero-order valence-corrected chi connectivity index (χ0v) is 10.9. The minimum Gasteiger partial charge on any atom is -0.361 e. The molecule has 3 nitrogen and oxygen atoms in total. The van der Waals surface area contributed by atoms with E-state index < -0.39 is 0 Å². The molecule has 0 aliphatic heterocycles. The van der Waals surface area contributed by atoms with E-state index in [0.29, 0.717) is 18.7 Å². The predicted molar refractivity (Wildman–Crippen MR) is 67.7 cm³/mol. The number of hydrogen-bond acceptors (Lipinski definition) is 3. The topological polar surface area (TPSA) is 38.1 Å². The molecule has 0 unspecified atom stereocenters. The Morgan fingerprint density at radius 1 is 1.22 bits per heavy atom. The normalized spacial score (nSPS) is 10.9. The van der Waals surface area contributed by atoms with Crippen molar-refractivity contribution in [2.75, 3.05) is 0 Å². The number of nitrogens with one attached hydrogen (secondary N) is 1. The fourth-order valence-corrected chi connectivity index (χ4v) is 1.90. The number of halogens is 1. The summed E-state index contributed by atoms with van der Waals surface area (Å²) in [6, 6.07) is 5.15. The summed E-state index contributed by atoms with van der Waals surface area (Å²) in [6.07, 6.45) is 0. The van der Waals surface area contributed by atoms with E-state index in [1.54, 1.807) is 13.0 Å². The quantitative estimate of drug-likeness (QED) is 0.903. The third-order valence-corrected chi connectivity index (χ3v) is 3.03. The van der Waals surface area contributed by atoms with Gasteiger partial charge in [-0.3, -0.25) is 0 Å². The Labute approximate surface area is 106 Å². The number of hydrogen-bond donors (Lipinski definition) is 1. The zero-order chi connectivity index (χ0) is 13.1. The third kappa shape index (κ3) is 2.76. The molecule has 0 aliphatic rings. The molecule has 0 amide bonds. The molecule has 96 valence electrons. The minimum atomic E-state index is -0.163. The number of nitrogens with zero attached hydrogens (tertiary/aromatic N) is 1. The van der Waals surface area contributed by atoms with Crippen molar-refractivity contribution in [3.63, 3.8) is 0 Å². The van der Waals surface area contributed by atoms with Crippen molar-refractivity contribution in [3.8, 4) is 0 Å². The molecule has 0 bridgehead atoms. The molecular formula is C14H17FN2O. The molecule has 18 heavy (non-hydrogen) atoms. The van der Waals surface area contributed by atoms with E-state index >= 15 is 0 Å². The van der Waals surface area contributed by atoms with Crippen molar-refractivity contribution in [1.29, 1.82) is 0 Å². The molecule has 2 aromatic rings. The van der Waals surface area contributed by atoms with E-state index in [1.807, 2.05) is 19.9 Å². The van der Waals surface area contributed by atoms with Gasteiger partial charge in [-0.05, 0) is 38.0 Å².